The van der Waals surface area contributed by atoms with E-state index in [1.807, 2.05) is 0 Å². The first kappa shape index (κ1) is 14.0. The lowest BCUT2D eigenvalue weighted by atomic mass is 9.94. The summed E-state index contributed by atoms with van der Waals surface area (Å²) < 4.78 is 4.52. The van der Waals surface area contributed by atoms with Crippen LogP contribution in [0, 0.1) is 5.92 Å². The monoisotopic (exact) mass is 242 g/mol. The number of piperidine rings is 1. The van der Waals surface area contributed by atoms with Crippen molar-refractivity contribution in [3.8, 4) is 0 Å². The number of carbonyl (C=O) groups excluding carboxylic acids is 2. The first-order valence-corrected chi connectivity index (χ1v) is 6.21. The average molecular weight is 242 g/mol. The summed E-state index contributed by atoms with van der Waals surface area (Å²) in [5.41, 5.74) is 0. The number of carbonyl (C=O) groups is 2. The normalized spacial score (nSPS) is 24.1. The topological polar surface area (TPSA) is 67.4 Å². The van der Waals surface area contributed by atoms with Crippen LogP contribution in [0.15, 0.2) is 0 Å². The van der Waals surface area contributed by atoms with Gasteiger partial charge in [-0.15, -0.1) is 0 Å². The van der Waals surface area contributed by atoms with E-state index in [-0.39, 0.29) is 17.9 Å². The summed E-state index contributed by atoms with van der Waals surface area (Å²) >= 11 is 0. The first-order chi connectivity index (χ1) is 8.13. The van der Waals surface area contributed by atoms with Crippen molar-refractivity contribution in [2.45, 2.75) is 38.6 Å². The van der Waals surface area contributed by atoms with E-state index >= 15 is 0 Å². The van der Waals surface area contributed by atoms with Gasteiger partial charge in [0.05, 0.1) is 13.2 Å². The van der Waals surface area contributed by atoms with E-state index in [2.05, 4.69) is 22.3 Å². The molecule has 2 unspecified atom stereocenters. The van der Waals surface area contributed by atoms with Gasteiger partial charge in [0.25, 0.3) is 0 Å². The molecule has 1 aliphatic rings. The molecule has 2 atom stereocenters. The third-order valence-corrected chi connectivity index (χ3v) is 3.07. The molecule has 1 saturated heterocycles. The number of amides is 1. The summed E-state index contributed by atoms with van der Waals surface area (Å²) in [7, 11) is 1.37. The van der Waals surface area contributed by atoms with Gasteiger partial charge in [0.1, 0.15) is 0 Å². The smallest absolute Gasteiger partial charge is 0.305 e. The Labute approximate surface area is 102 Å². The van der Waals surface area contributed by atoms with Crippen LogP contribution in [0.4, 0.5) is 0 Å². The molecule has 0 bridgehead atoms. The maximum absolute atomic E-state index is 11.8. The minimum atomic E-state index is -0.233. The molecule has 0 aromatic carbocycles. The van der Waals surface area contributed by atoms with Gasteiger partial charge in [0.15, 0.2) is 0 Å². The summed E-state index contributed by atoms with van der Waals surface area (Å²) in [6.07, 6.45) is 3.00. The molecule has 17 heavy (non-hydrogen) atoms. The van der Waals surface area contributed by atoms with Gasteiger partial charge < -0.3 is 15.4 Å². The fourth-order valence-electron chi connectivity index (χ4n) is 1.98. The number of hydrogen-bond donors (Lipinski definition) is 2. The van der Waals surface area contributed by atoms with E-state index in [4.69, 9.17) is 0 Å². The third-order valence-electron chi connectivity index (χ3n) is 3.07. The number of esters is 1. The molecular weight excluding hydrogens is 220 g/mol. The van der Waals surface area contributed by atoms with Crippen LogP contribution in [0.25, 0.3) is 0 Å². The van der Waals surface area contributed by atoms with Gasteiger partial charge in [-0.1, -0.05) is 6.92 Å². The molecule has 1 fully saturated rings. The second kappa shape index (κ2) is 7.27. The lowest BCUT2D eigenvalue weighted by Crippen LogP contribution is -2.48. The molecule has 0 saturated carbocycles. The van der Waals surface area contributed by atoms with Gasteiger partial charge in [0, 0.05) is 13.0 Å². The van der Waals surface area contributed by atoms with Gasteiger partial charge in [-0.3, -0.25) is 9.59 Å². The van der Waals surface area contributed by atoms with Crippen molar-refractivity contribution in [3.05, 3.63) is 0 Å². The molecule has 1 amide bonds. The second-order valence-corrected chi connectivity index (χ2v) is 4.61. The highest BCUT2D eigenvalue weighted by Crippen LogP contribution is 2.14. The fraction of sp³-hybridized carbons (Fsp3) is 0.833. The SMILES string of the molecule is COC(=O)CCCNC(=O)C1CC(C)CCN1. The molecule has 0 aromatic rings. The highest BCUT2D eigenvalue weighted by molar-refractivity contribution is 5.81. The van der Waals surface area contributed by atoms with Gasteiger partial charge >= 0.3 is 5.97 Å². The van der Waals surface area contributed by atoms with Crippen molar-refractivity contribution in [1.29, 1.82) is 0 Å². The Bertz CT molecular complexity index is 268. The molecule has 0 aromatic heterocycles. The third kappa shape index (κ3) is 5.17. The van der Waals surface area contributed by atoms with Crippen molar-refractivity contribution < 1.29 is 14.3 Å². The van der Waals surface area contributed by atoms with Crippen LogP contribution >= 0.6 is 0 Å². The zero-order valence-corrected chi connectivity index (χ0v) is 10.6. The number of nitrogens with one attached hydrogen (secondary N) is 2. The molecule has 1 heterocycles. The summed E-state index contributed by atoms with van der Waals surface area (Å²) in [6, 6.07) is -0.0723. The minimum Gasteiger partial charge on any atom is -0.469 e. The summed E-state index contributed by atoms with van der Waals surface area (Å²) in [6.45, 7) is 3.60. The van der Waals surface area contributed by atoms with E-state index in [0.717, 1.165) is 19.4 Å². The zero-order valence-electron chi connectivity index (χ0n) is 10.6. The van der Waals surface area contributed by atoms with Crippen LogP contribution in [-0.4, -0.2) is 38.1 Å². The van der Waals surface area contributed by atoms with E-state index in [9.17, 15) is 9.59 Å². The van der Waals surface area contributed by atoms with Crippen LogP contribution in [0.3, 0.4) is 0 Å². The number of rotatable bonds is 5. The van der Waals surface area contributed by atoms with Gasteiger partial charge in [-0.25, -0.2) is 0 Å². The molecule has 5 heteroatoms. The Morgan fingerprint density at radius 3 is 2.88 bits per heavy atom. The average Bonchev–Trinajstić information content (AvgIpc) is 2.34. The summed E-state index contributed by atoms with van der Waals surface area (Å²) in [4.78, 5) is 22.6. The summed E-state index contributed by atoms with van der Waals surface area (Å²) in [5, 5.41) is 6.05. The maximum atomic E-state index is 11.8. The Morgan fingerprint density at radius 1 is 1.47 bits per heavy atom. The van der Waals surface area contributed by atoms with E-state index in [0.29, 0.717) is 25.3 Å². The van der Waals surface area contributed by atoms with Crippen molar-refractivity contribution >= 4 is 11.9 Å². The van der Waals surface area contributed by atoms with Crippen molar-refractivity contribution in [2.75, 3.05) is 20.2 Å². The zero-order chi connectivity index (χ0) is 12.7. The van der Waals surface area contributed by atoms with Crippen molar-refractivity contribution in [2.24, 2.45) is 5.92 Å². The van der Waals surface area contributed by atoms with E-state index in [1.165, 1.54) is 7.11 Å². The number of ether oxygens (including phenoxy) is 1. The highest BCUT2D eigenvalue weighted by Gasteiger charge is 2.23. The molecule has 0 radical (unpaired) electrons. The van der Waals surface area contributed by atoms with Crippen LogP contribution in [0.1, 0.15) is 32.6 Å². The highest BCUT2D eigenvalue weighted by atomic mass is 16.5. The van der Waals surface area contributed by atoms with E-state index < -0.39 is 0 Å². The molecule has 5 nitrogen and oxygen atoms in total. The number of methoxy groups -OCH3 is 1. The van der Waals surface area contributed by atoms with Gasteiger partial charge in [-0.2, -0.15) is 0 Å². The standard InChI is InChI=1S/C12H22N2O3/c1-9-5-7-13-10(8-9)12(16)14-6-3-4-11(15)17-2/h9-10,13H,3-8H2,1-2H3,(H,14,16). The quantitative estimate of drug-likeness (QED) is 0.542. The van der Waals surface area contributed by atoms with Crippen molar-refractivity contribution in [3.63, 3.8) is 0 Å². The van der Waals surface area contributed by atoms with Crippen LogP contribution in [-0.2, 0) is 14.3 Å². The second-order valence-electron chi connectivity index (χ2n) is 4.61. The predicted octanol–water partition coefficient (Wildman–Crippen LogP) is 0.444. The van der Waals surface area contributed by atoms with E-state index in [1.54, 1.807) is 0 Å². The Morgan fingerprint density at radius 2 is 2.24 bits per heavy atom. The Kier molecular flexibility index (Phi) is 5.97. The van der Waals surface area contributed by atoms with Crippen LogP contribution < -0.4 is 10.6 Å². The Hall–Kier alpha value is -1.10. The summed E-state index contributed by atoms with van der Waals surface area (Å²) in [5.74, 6) is 0.409. The maximum Gasteiger partial charge on any atom is 0.305 e. The minimum absolute atomic E-state index is 0.0430. The molecule has 0 aliphatic carbocycles. The fourth-order valence-corrected chi connectivity index (χ4v) is 1.98. The van der Waals surface area contributed by atoms with Gasteiger partial charge in [-0.05, 0) is 31.7 Å². The van der Waals surface area contributed by atoms with Crippen LogP contribution in [0.2, 0.25) is 0 Å². The molecule has 98 valence electrons. The predicted molar refractivity (Wildman–Crippen MR) is 64.4 cm³/mol. The lowest BCUT2D eigenvalue weighted by Gasteiger charge is -2.27. The largest absolute Gasteiger partial charge is 0.469 e. The molecule has 1 rings (SSSR count). The molecule has 1 aliphatic heterocycles. The first-order valence-electron chi connectivity index (χ1n) is 6.21. The molecular formula is C12H22N2O3. The molecule has 2 N–H and O–H groups in total. The number of hydrogen-bond acceptors (Lipinski definition) is 4. The Balaban J connectivity index is 2.14. The lowest BCUT2D eigenvalue weighted by molar-refractivity contribution is -0.140. The molecule has 0 spiro atoms. The van der Waals surface area contributed by atoms with Crippen LogP contribution in [0.5, 0.6) is 0 Å². The van der Waals surface area contributed by atoms with Gasteiger partial charge in [0.2, 0.25) is 5.91 Å². The van der Waals surface area contributed by atoms with Crippen molar-refractivity contribution in [1.82, 2.24) is 10.6 Å².